The lowest BCUT2D eigenvalue weighted by atomic mass is 9.96. The van der Waals surface area contributed by atoms with Crippen LogP contribution < -0.4 is 15.4 Å². The fourth-order valence-electron chi connectivity index (χ4n) is 3.58. The molecule has 2 aromatic rings. The lowest BCUT2D eigenvalue weighted by Gasteiger charge is -2.16. The van der Waals surface area contributed by atoms with E-state index in [1.54, 1.807) is 0 Å². The second-order valence-electron chi connectivity index (χ2n) is 8.48. The van der Waals surface area contributed by atoms with Gasteiger partial charge in [0.05, 0.1) is 12.0 Å². The monoisotopic (exact) mass is 440 g/mol. The van der Waals surface area contributed by atoms with Crippen LogP contribution in [0, 0.1) is 5.92 Å². The predicted molar refractivity (Wildman–Crippen MR) is 129 cm³/mol. The summed E-state index contributed by atoms with van der Waals surface area (Å²) in [6.45, 7) is 7.63. The number of amides is 1. The van der Waals surface area contributed by atoms with Crippen molar-refractivity contribution < 1.29 is 14.3 Å². The molecule has 0 radical (unpaired) electrons. The van der Waals surface area contributed by atoms with E-state index in [0.29, 0.717) is 12.5 Å². The Morgan fingerprint density at radius 3 is 2.65 bits per heavy atom. The average Bonchev–Trinajstić information content (AvgIpc) is 3.26. The van der Waals surface area contributed by atoms with E-state index in [1.165, 1.54) is 5.56 Å². The highest BCUT2D eigenvalue weighted by Gasteiger charge is 2.17. The number of ether oxygens (including phenoxy) is 2. The zero-order valence-corrected chi connectivity index (χ0v) is 19.3. The van der Waals surface area contributed by atoms with Gasteiger partial charge in [-0.25, -0.2) is 0 Å². The van der Waals surface area contributed by atoms with E-state index in [0.717, 1.165) is 42.9 Å². The third kappa shape index (κ3) is 7.33. The predicted octanol–water partition coefficient (Wildman–Crippen LogP) is 5.06. The van der Waals surface area contributed by atoms with Crippen LogP contribution in [0.2, 0.25) is 0 Å². The molecule has 2 N–H and O–H groups in total. The standard InChI is InChI=1S/C25H32N2O3S/c1-17(2)14-19-9-11-20(12-10-19)18(3)24(28)27-25(31)26-21-6-4-7-22(15-21)30-16-23-8-5-13-29-23/h4,6-7,9-12,15,17-18,23H,5,8,13-14,16H2,1-3H3,(H2,26,27,28,31). The molecule has 3 rings (SSSR count). The number of hydrogen-bond donors (Lipinski definition) is 2. The van der Waals surface area contributed by atoms with Crippen molar-refractivity contribution in [3.8, 4) is 5.75 Å². The quantitative estimate of drug-likeness (QED) is 0.562. The minimum absolute atomic E-state index is 0.139. The Kier molecular flexibility index (Phi) is 8.43. The smallest absolute Gasteiger partial charge is 0.233 e. The minimum Gasteiger partial charge on any atom is -0.491 e. The highest BCUT2D eigenvalue weighted by molar-refractivity contribution is 7.80. The van der Waals surface area contributed by atoms with Crippen LogP contribution in [0.4, 0.5) is 5.69 Å². The Morgan fingerprint density at radius 2 is 1.97 bits per heavy atom. The fraction of sp³-hybridized carbons (Fsp3) is 0.440. The number of hydrogen-bond acceptors (Lipinski definition) is 4. The SMILES string of the molecule is CC(C)Cc1ccc(C(C)C(=O)NC(=S)Nc2cccc(OCC3CCCO3)c2)cc1. The van der Waals surface area contributed by atoms with Crippen molar-refractivity contribution in [2.45, 2.75) is 52.1 Å². The van der Waals surface area contributed by atoms with Crippen LogP contribution in [0.15, 0.2) is 48.5 Å². The first-order valence-electron chi connectivity index (χ1n) is 11.0. The topological polar surface area (TPSA) is 59.6 Å². The maximum Gasteiger partial charge on any atom is 0.233 e. The molecule has 6 heteroatoms. The molecule has 1 heterocycles. The highest BCUT2D eigenvalue weighted by Crippen LogP contribution is 2.20. The first-order valence-corrected chi connectivity index (χ1v) is 11.4. The van der Waals surface area contributed by atoms with Crippen LogP contribution >= 0.6 is 12.2 Å². The number of carbonyl (C=O) groups is 1. The van der Waals surface area contributed by atoms with Crippen LogP contribution in [0.1, 0.15) is 50.7 Å². The van der Waals surface area contributed by atoms with E-state index in [-0.39, 0.29) is 23.0 Å². The molecule has 1 aliphatic rings. The Balaban J connectivity index is 1.50. The summed E-state index contributed by atoms with van der Waals surface area (Å²) in [6.07, 6.45) is 3.32. The lowest BCUT2D eigenvalue weighted by molar-refractivity contribution is -0.120. The summed E-state index contributed by atoms with van der Waals surface area (Å²) < 4.78 is 11.4. The Labute approximate surface area is 190 Å². The Bertz CT molecular complexity index is 877. The summed E-state index contributed by atoms with van der Waals surface area (Å²) >= 11 is 5.34. The van der Waals surface area contributed by atoms with Gasteiger partial charge in [0.2, 0.25) is 5.91 Å². The van der Waals surface area contributed by atoms with Gasteiger partial charge < -0.3 is 20.1 Å². The first kappa shape index (κ1) is 23.2. The molecule has 0 spiro atoms. The largest absolute Gasteiger partial charge is 0.491 e. The summed E-state index contributed by atoms with van der Waals surface area (Å²) in [5.41, 5.74) is 3.02. The van der Waals surface area contributed by atoms with Gasteiger partial charge in [0.25, 0.3) is 0 Å². The van der Waals surface area contributed by atoms with Gasteiger partial charge >= 0.3 is 0 Å². The average molecular weight is 441 g/mol. The van der Waals surface area contributed by atoms with Crippen molar-refractivity contribution in [1.29, 1.82) is 0 Å². The van der Waals surface area contributed by atoms with Crippen molar-refractivity contribution in [3.63, 3.8) is 0 Å². The van der Waals surface area contributed by atoms with E-state index in [1.807, 2.05) is 43.3 Å². The number of rotatable bonds is 8. The molecule has 5 nitrogen and oxygen atoms in total. The van der Waals surface area contributed by atoms with Crippen LogP contribution in [0.5, 0.6) is 5.75 Å². The first-order chi connectivity index (χ1) is 14.9. The normalized spacial score (nSPS) is 16.7. The van der Waals surface area contributed by atoms with Gasteiger partial charge in [-0.15, -0.1) is 0 Å². The zero-order chi connectivity index (χ0) is 22.2. The molecular weight excluding hydrogens is 408 g/mol. The third-order valence-electron chi connectivity index (χ3n) is 5.31. The van der Waals surface area contributed by atoms with E-state index < -0.39 is 0 Å². The second-order valence-corrected chi connectivity index (χ2v) is 8.89. The molecule has 2 atom stereocenters. The maximum atomic E-state index is 12.6. The molecule has 1 fully saturated rings. The molecule has 31 heavy (non-hydrogen) atoms. The number of carbonyl (C=O) groups excluding carboxylic acids is 1. The van der Waals surface area contributed by atoms with Gasteiger partial charge in [-0.3, -0.25) is 4.79 Å². The molecule has 0 aromatic heterocycles. The third-order valence-corrected chi connectivity index (χ3v) is 5.51. The molecule has 2 aromatic carbocycles. The van der Waals surface area contributed by atoms with Gasteiger partial charge in [-0.2, -0.15) is 0 Å². The molecule has 0 bridgehead atoms. The summed E-state index contributed by atoms with van der Waals surface area (Å²) in [7, 11) is 0. The molecule has 0 saturated carbocycles. The summed E-state index contributed by atoms with van der Waals surface area (Å²) in [5.74, 6) is 0.910. The van der Waals surface area contributed by atoms with Crippen molar-refractivity contribution >= 4 is 28.9 Å². The van der Waals surface area contributed by atoms with Gasteiger partial charge in [0.1, 0.15) is 12.4 Å². The molecule has 2 unspecified atom stereocenters. The zero-order valence-electron chi connectivity index (χ0n) is 18.5. The van der Waals surface area contributed by atoms with Crippen LogP contribution in [0.25, 0.3) is 0 Å². The van der Waals surface area contributed by atoms with Crippen molar-refractivity contribution in [2.75, 3.05) is 18.5 Å². The lowest BCUT2D eigenvalue weighted by Crippen LogP contribution is -2.36. The second kappa shape index (κ2) is 11.3. The van der Waals surface area contributed by atoms with Crippen molar-refractivity contribution in [2.24, 2.45) is 5.92 Å². The number of benzene rings is 2. The van der Waals surface area contributed by atoms with Crippen LogP contribution in [-0.4, -0.2) is 30.3 Å². The highest BCUT2D eigenvalue weighted by atomic mass is 32.1. The molecule has 166 valence electrons. The van der Waals surface area contributed by atoms with Gasteiger partial charge in [0.15, 0.2) is 5.11 Å². The van der Waals surface area contributed by atoms with E-state index in [2.05, 4.69) is 36.6 Å². The van der Waals surface area contributed by atoms with Gasteiger partial charge in [0, 0.05) is 18.4 Å². The molecule has 1 aliphatic heterocycles. The van der Waals surface area contributed by atoms with Crippen LogP contribution in [0.3, 0.4) is 0 Å². The van der Waals surface area contributed by atoms with E-state index >= 15 is 0 Å². The molecule has 1 amide bonds. The summed E-state index contributed by atoms with van der Waals surface area (Å²) in [6, 6.07) is 15.8. The molecule has 1 saturated heterocycles. The van der Waals surface area contributed by atoms with Crippen molar-refractivity contribution in [3.05, 3.63) is 59.7 Å². The van der Waals surface area contributed by atoms with Crippen LogP contribution in [-0.2, 0) is 16.0 Å². The van der Waals surface area contributed by atoms with E-state index in [9.17, 15) is 4.79 Å². The summed E-state index contributed by atoms with van der Waals surface area (Å²) in [5, 5.41) is 6.12. The number of nitrogens with one attached hydrogen (secondary N) is 2. The minimum atomic E-state index is -0.297. The van der Waals surface area contributed by atoms with E-state index in [4.69, 9.17) is 21.7 Å². The maximum absolute atomic E-state index is 12.6. The Hall–Kier alpha value is -2.44. The molecule has 0 aliphatic carbocycles. The summed E-state index contributed by atoms with van der Waals surface area (Å²) in [4.78, 5) is 12.6. The number of thiocarbonyl (C=S) groups is 1. The van der Waals surface area contributed by atoms with Crippen molar-refractivity contribution in [1.82, 2.24) is 5.32 Å². The Morgan fingerprint density at radius 1 is 1.19 bits per heavy atom. The van der Waals surface area contributed by atoms with Gasteiger partial charge in [-0.1, -0.05) is 44.2 Å². The molecular formula is C25H32N2O3S. The number of anilines is 1. The fourth-order valence-corrected chi connectivity index (χ4v) is 3.79. The van der Waals surface area contributed by atoms with Gasteiger partial charge in [-0.05, 0) is 67.6 Å².